The van der Waals surface area contributed by atoms with Crippen LogP contribution in [-0.2, 0) is 9.59 Å². The standard InChI is InChI=1S/C34H33N5O5S/c1-18(2)15-26(38-33(43)27-17-21-23(35-27)12-8-13-28(21)44-3)32(42)37-25(16-20-19-9-4-5-10-22(19)36-31(20)41)30(40)34-39-24-11-6-7-14-29(24)45-34/h4-14,17-18,20,25-26,35H,15-16H2,1-3H3,(H,36,41)(H,37,42)(H,38,43)/t20?,25-,26-/m0/s1. The summed E-state index contributed by atoms with van der Waals surface area (Å²) in [5.74, 6) is -1.59. The molecule has 3 atom stereocenters. The fraction of sp³-hybridized carbons (Fsp3) is 0.265. The van der Waals surface area contributed by atoms with Gasteiger partial charge in [0.1, 0.15) is 17.5 Å². The van der Waals surface area contributed by atoms with Crippen molar-refractivity contribution in [2.24, 2.45) is 5.92 Å². The molecule has 6 rings (SSSR count). The number of amides is 3. The highest BCUT2D eigenvalue weighted by Crippen LogP contribution is 2.36. The summed E-state index contributed by atoms with van der Waals surface area (Å²) in [6.45, 7) is 3.90. The van der Waals surface area contributed by atoms with Crippen molar-refractivity contribution in [3.8, 4) is 5.75 Å². The summed E-state index contributed by atoms with van der Waals surface area (Å²) in [6.07, 6.45) is 0.365. The van der Waals surface area contributed by atoms with Gasteiger partial charge in [-0.25, -0.2) is 4.98 Å². The minimum atomic E-state index is -1.07. The summed E-state index contributed by atoms with van der Waals surface area (Å²) < 4.78 is 6.26. The third-order valence-corrected chi connectivity index (χ3v) is 8.99. The number of benzene rings is 3. The van der Waals surface area contributed by atoms with Crippen LogP contribution in [-0.4, -0.2) is 52.7 Å². The van der Waals surface area contributed by atoms with Crippen molar-refractivity contribution in [2.75, 3.05) is 12.4 Å². The van der Waals surface area contributed by atoms with Crippen LogP contribution in [0.4, 0.5) is 5.69 Å². The Labute approximate surface area is 263 Å². The number of ketones is 1. The van der Waals surface area contributed by atoms with Crippen LogP contribution in [0.25, 0.3) is 21.1 Å². The van der Waals surface area contributed by atoms with Crippen LogP contribution < -0.4 is 20.7 Å². The van der Waals surface area contributed by atoms with E-state index in [9.17, 15) is 19.2 Å². The molecule has 1 aliphatic heterocycles. The molecule has 45 heavy (non-hydrogen) atoms. The van der Waals surface area contributed by atoms with Crippen LogP contribution >= 0.6 is 11.3 Å². The summed E-state index contributed by atoms with van der Waals surface area (Å²) >= 11 is 1.24. The molecule has 4 N–H and O–H groups in total. The van der Waals surface area contributed by atoms with Crippen LogP contribution in [0.1, 0.15) is 58.5 Å². The first-order chi connectivity index (χ1) is 21.7. The van der Waals surface area contributed by atoms with E-state index in [0.29, 0.717) is 23.4 Å². The summed E-state index contributed by atoms with van der Waals surface area (Å²) in [7, 11) is 1.56. The van der Waals surface area contributed by atoms with Crippen molar-refractivity contribution in [3.63, 3.8) is 0 Å². The first-order valence-corrected chi connectivity index (χ1v) is 15.6. The van der Waals surface area contributed by atoms with Crippen molar-refractivity contribution >= 4 is 61.6 Å². The number of aromatic nitrogens is 2. The monoisotopic (exact) mass is 623 g/mol. The van der Waals surface area contributed by atoms with Crippen LogP contribution in [0.15, 0.2) is 72.8 Å². The van der Waals surface area contributed by atoms with Crippen molar-refractivity contribution in [3.05, 3.63) is 89.1 Å². The van der Waals surface area contributed by atoms with E-state index < -0.39 is 29.8 Å². The number of aromatic amines is 1. The van der Waals surface area contributed by atoms with E-state index in [4.69, 9.17) is 4.74 Å². The number of thiazole rings is 1. The average molecular weight is 624 g/mol. The molecule has 1 aliphatic rings. The number of hydrogen-bond donors (Lipinski definition) is 4. The minimum Gasteiger partial charge on any atom is -0.496 e. The number of carbonyl (C=O) groups excluding carboxylic acids is 4. The van der Waals surface area contributed by atoms with Gasteiger partial charge in [0.15, 0.2) is 5.01 Å². The molecule has 2 aromatic heterocycles. The highest BCUT2D eigenvalue weighted by Gasteiger charge is 2.37. The van der Waals surface area contributed by atoms with Gasteiger partial charge in [0.25, 0.3) is 5.91 Å². The van der Waals surface area contributed by atoms with Gasteiger partial charge in [-0.1, -0.05) is 50.2 Å². The lowest BCUT2D eigenvalue weighted by Crippen LogP contribution is -2.52. The maximum Gasteiger partial charge on any atom is 0.268 e. The van der Waals surface area contributed by atoms with Crippen LogP contribution in [0.2, 0.25) is 0 Å². The van der Waals surface area contributed by atoms with Gasteiger partial charge >= 0.3 is 0 Å². The third-order valence-electron chi connectivity index (χ3n) is 7.94. The smallest absolute Gasteiger partial charge is 0.268 e. The molecule has 10 nitrogen and oxygen atoms in total. The summed E-state index contributed by atoms with van der Waals surface area (Å²) in [6, 6.07) is 19.9. The number of para-hydroxylation sites is 2. The number of ether oxygens (including phenoxy) is 1. The first kappa shape index (κ1) is 30.0. The van der Waals surface area contributed by atoms with Crippen molar-refractivity contribution < 1.29 is 23.9 Å². The number of fused-ring (bicyclic) bond motifs is 3. The van der Waals surface area contributed by atoms with Crippen LogP contribution in [0.3, 0.4) is 0 Å². The zero-order valence-electron chi connectivity index (χ0n) is 25.0. The molecule has 0 aliphatic carbocycles. The van der Waals surface area contributed by atoms with E-state index in [0.717, 1.165) is 21.2 Å². The van der Waals surface area contributed by atoms with E-state index >= 15 is 0 Å². The minimum absolute atomic E-state index is 0.0352. The number of carbonyl (C=O) groups is 4. The number of Topliss-reactive ketones (excluding diaryl/α,β-unsaturated/α-hetero) is 1. The average Bonchev–Trinajstić information content (AvgIpc) is 3.74. The zero-order valence-corrected chi connectivity index (χ0v) is 25.9. The Morgan fingerprint density at radius 3 is 2.53 bits per heavy atom. The number of nitrogens with one attached hydrogen (secondary N) is 4. The molecule has 0 saturated heterocycles. The van der Waals surface area contributed by atoms with Gasteiger partial charge in [-0.2, -0.15) is 0 Å². The second-order valence-electron chi connectivity index (χ2n) is 11.5. The first-order valence-electron chi connectivity index (χ1n) is 14.8. The van der Waals surface area contributed by atoms with Crippen LogP contribution in [0, 0.1) is 5.92 Å². The lowest BCUT2D eigenvalue weighted by atomic mass is 9.91. The van der Waals surface area contributed by atoms with Crippen LogP contribution in [0.5, 0.6) is 5.75 Å². The lowest BCUT2D eigenvalue weighted by Gasteiger charge is -2.24. The zero-order chi connectivity index (χ0) is 31.7. The fourth-order valence-corrected chi connectivity index (χ4v) is 6.70. The van der Waals surface area contributed by atoms with E-state index in [-0.39, 0.29) is 34.7 Å². The van der Waals surface area contributed by atoms with Gasteiger partial charge in [-0.05, 0) is 60.7 Å². The molecule has 0 saturated carbocycles. The van der Waals surface area contributed by atoms with E-state index in [1.807, 2.05) is 74.5 Å². The number of hydrogen-bond acceptors (Lipinski definition) is 7. The molecule has 1 unspecified atom stereocenters. The number of rotatable bonds is 11. The van der Waals surface area contributed by atoms with Gasteiger partial charge in [-0.15, -0.1) is 11.3 Å². The molecule has 3 amide bonds. The maximum absolute atomic E-state index is 14.0. The second kappa shape index (κ2) is 12.5. The van der Waals surface area contributed by atoms with Gasteiger partial charge in [0.05, 0.1) is 29.3 Å². The van der Waals surface area contributed by atoms with Gasteiger partial charge in [-0.3, -0.25) is 19.2 Å². The molecule has 230 valence electrons. The van der Waals surface area contributed by atoms with Gasteiger partial charge in [0, 0.05) is 16.6 Å². The van der Waals surface area contributed by atoms with Crippen molar-refractivity contribution in [1.82, 2.24) is 20.6 Å². The Bertz CT molecular complexity index is 1900. The molecule has 3 heterocycles. The third kappa shape index (κ3) is 6.16. The maximum atomic E-state index is 14.0. The largest absolute Gasteiger partial charge is 0.496 e. The van der Waals surface area contributed by atoms with Crippen molar-refractivity contribution in [1.29, 1.82) is 0 Å². The van der Waals surface area contributed by atoms with Gasteiger partial charge in [0.2, 0.25) is 17.6 Å². The summed E-state index contributed by atoms with van der Waals surface area (Å²) in [5.41, 5.74) is 3.13. The molecule has 0 bridgehead atoms. The number of nitrogens with zero attached hydrogens (tertiary/aromatic N) is 1. The topological polar surface area (TPSA) is 142 Å². The molecular formula is C34H33N5O5S. The predicted molar refractivity (Wildman–Crippen MR) is 174 cm³/mol. The Hall–Kier alpha value is -5.03. The van der Waals surface area contributed by atoms with E-state index in [1.165, 1.54) is 11.3 Å². The quantitative estimate of drug-likeness (QED) is 0.145. The number of anilines is 1. The summed E-state index contributed by atoms with van der Waals surface area (Å²) in [5, 5.41) is 9.61. The Morgan fingerprint density at radius 1 is 0.978 bits per heavy atom. The number of H-pyrrole nitrogens is 1. The fourth-order valence-electron chi connectivity index (χ4n) is 5.74. The highest BCUT2D eigenvalue weighted by atomic mass is 32.1. The highest BCUT2D eigenvalue weighted by molar-refractivity contribution is 7.20. The van der Waals surface area contributed by atoms with E-state index in [2.05, 4.69) is 25.9 Å². The predicted octanol–water partition coefficient (Wildman–Crippen LogP) is 5.42. The Balaban J connectivity index is 1.28. The second-order valence-corrected chi connectivity index (χ2v) is 12.6. The van der Waals surface area contributed by atoms with E-state index in [1.54, 1.807) is 19.2 Å². The number of methoxy groups -OCH3 is 1. The molecule has 0 spiro atoms. The SMILES string of the molecule is COc1cccc2[nH]c(C(=O)N[C@@H](CC(C)C)C(=O)N[C@@H](CC3C(=O)Nc4ccccc43)C(=O)c3nc4ccccc4s3)cc12. The Morgan fingerprint density at radius 2 is 1.76 bits per heavy atom. The molecule has 0 radical (unpaired) electrons. The van der Waals surface area contributed by atoms with Gasteiger partial charge < -0.3 is 25.7 Å². The molecule has 11 heteroatoms. The molecule has 0 fully saturated rings. The lowest BCUT2D eigenvalue weighted by molar-refractivity contribution is -0.124. The molecule has 5 aromatic rings. The Kier molecular flexibility index (Phi) is 8.36. The molecular weight excluding hydrogens is 590 g/mol. The van der Waals surface area contributed by atoms with Crippen molar-refractivity contribution in [2.45, 2.75) is 44.7 Å². The normalized spacial score (nSPS) is 15.5. The summed E-state index contributed by atoms with van der Waals surface area (Å²) in [4.78, 5) is 62.0. The molecule has 3 aromatic carbocycles.